The van der Waals surface area contributed by atoms with Crippen molar-refractivity contribution in [3.63, 3.8) is 0 Å². The molecule has 0 saturated carbocycles. The van der Waals surface area contributed by atoms with Crippen LogP contribution in [0.25, 0.3) is 0 Å². The summed E-state index contributed by atoms with van der Waals surface area (Å²) in [5, 5.41) is 2.86. The molecule has 1 N–H and O–H groups in total. The summed E-state index contributed by atoms with van der Waals surface area (Å²) in [7, 11) is 0. The van der Waals surface area contributed by atoms with Crippen LogP contribution < -0.4 is 5.32 Å². The van der Waals surface area contributed by atoms with E-state index < -0.39 is 23.5 Å². The van der Waals surface area contributed by atoms with Gasteiger partial charge in [-0.25, -0.2) is 4.39 Å². The first kappa shape index (κ1) is 23.9. The molecule has 1 spiro atoms. The maximum absolute atomic E-state index is 13.9. The molecule has 0 aromatic heterocycles. The van der Waals surface area contributed by atoms with Gasteiger partial charge in [-0.1, -0.05) is 24.3 Å². The van der Waals surface area contributed by atoms with Gasteiger partial charge in [0, 0.05) is 43.1 Å². The molecule has 2 saturated heterocycles. The topological polar surface area (TPSA) is 79.0 Å². The summed E-state index contributed by atoms with van der Waals surface area (Å²) >= 11 is 0. The van der Waals surface area contributed by atoms with E-state index in [0.717, 1.165) is 5.56 Å². The predicted octanol–water partition coefficient (Wildman–Crippen LogP) is 3.13. The van der Waals surface area contributed by atoms with Gasteiger partial charge in [-0.15, -0.1) is 0 Å². The first-order valence-corrected chi connectivity index (χ1v) is 11.6. The van der Waals surface area contributed by atoms with Crippen LogP contribution in [0.5, 0.6) is 0 Å². The normalized spacial score (nSPS) is 19.5. The Balaban J connectivity index is 1.59. The number of likely N-dealkylation sites (tertiary alicyclic amines) is 1. The van der Waals surface area contributed by atoms with Crippen LogP contribution in [-0.4, -0.2) is 65.0 Å². The number of rotatable bonds is 4. The predicted molar refractivity (Wildman–Crippen MR) is 125 cm³/mol. The number of aryl methyl sites for hydroxylation is 1. The Morgan fingerprint density at radius 1 is 1.06 bits per heavy atom. The number of benzene rings is 2. The fourth-order valence-electron chi connectivity index (χ4n) is 4.75. The van der Waals surface area contributed by atoms with Crippen LogP contribution in [0.2, 0.25) is 0 Å². The highest BCUT2D eigenvalue weighted by Crippen LogP contribution is 2.39. The van der Waals surface area contributed by atoms with Crippen molar-refractivity contribution in [1.29, 1.82) is 0 Å². The lowest BCUT2D eigenvalue weighted by molar-refractivity contribution is -0.128. The smallest absolute Gasteiger partial charge is 0.256 e. The van der Waals surface area contributed by atoms with Crippen LogP contribution in [0.3, 0.4) is 0 Å². The SMILES string of the molecule is Cc1ccccc1C(=O)N1CCC2(CC1)OC[C@H](C(=O)NC(C)C)N2C(=O)c1cccc(F)c1. The molecular weight excluding hydrogens is 437 g/mol. The summed E-state index contributed by atoms with van der Waals surface area (Å²) in [6.45, 7) is 6.38. The van der Waals surface area contributed by atoms with Gasteiger partial charge >= 0.3 is 0 Å². The van der Waals surface area contributed by atoms with Gasteiger partial charge in [-0.2, -0.15) is 0 Å². The quantitative estimate of drug-likeness (QED) is 0.750. The molecule has 2 heterocycles. The monoisotopic (exact) mass is 467 g/mol. The van der Waals surface area contributed by atoms with Gasteiger partial charge in [0.25, 0.3) is 11.8 Å². The summed E-state index contributed by atoms with van der Waals surface area (Å²) in [5.74, 6) is -1.36. The number of carbonyl (C=O) groups excluding carboxylic acids is 3. The number of carbonyl (C=O) groups is 3. The van der Waals surface area contributed by atoms with Crippen molar-refractivity contribution in [3.05, 3.63) is 71.0 Å². The number of amides is 3. The van der Waals surface area contributed by atoms with Gasteiger partial charge in [-0.3, -0.25) is 19.3 Å². The Morgan fingerprint density at radius 3 is 2.41 bits per heavy atom. The first-order valence-electron chi connectivity index (χ1n) is 11.6. The number of hydrogen-bond donors (Lipinski definition) is 1. The van der Waals surface area contributed by atoms with E-state index in [0.29, 0.717) is 31.5 Å². The average Bonchev–Trinajstić information content (AvgIpc) is 3.17. The molecule has 0 aliphatic carbocycles. The Labute approximate surface area is 198 Å². The summed E-state index contributed by atoms with van der Waals surface area (Å²) in [5.41, 5.74) is 0.668. The van der Waals surface area contributed by atoms with Crippen LogP contribution in [0.4, 0.5) is 4.39 Å². The molecular formula is C26H30FN3O4. The zero-order valence-corrected chi connectivity index (χ0v) is 19.7. The van der Waals surface area contributed by atoms with E-state index >= 15 is 0 Å². The second-order valence-electron chi connectivity index (χ2n) is 9.23. The molecule has 2 aliphatic heterocycles. The maximum Gasteiger partial charge on any atom is 0.256 e. The third-order valence-corrected chi connectivity index (χ3v) is 6.49. The van der Waals surface area contributed by atoms with Crippen molar-refractivity contribution in [1.82, 2.24) is 15.1 Å². The summed E-state index contributed by atoms with van der Waals surface area (Å²) < 4.78 is 20.0. The third-order valence-electron chi connectivity index (χ3n) is 6.49. The van der Waals surface area contributed by atoms with Crippen LogP contribution in [0.15, 0.2) is 48.5 Å². The summed E-state index contributed by atoms with van der Waals surface area (Å²) in [4.78, 5) is 42.9. The second-order valence-corrected chi connectivity index (χ2v) is 9.23. The highest BCUT2D eigenvalue weighted by Gasteiger charge is 2.54. The molecule has 2 fully saturated rings. The maximum atomic E-state index is 13.9. The molecule has 8 heteroatoms. The molecule has 2 aromatic carbocycles. The largest absolute Gasteiger partial charge is 0.353 e. The lowest BCUT2D eigenvalue weighted by atomic mass is 9.95. The van der Waals surface area contributed by atoms with E-state index in [9.17, 15) is 18.8 Å². The minimum Gasteiger partial charge on any atom is -0.353 e. The number of hydrogen-bond acceptors (Lipinski definition) is 4. The van der Waals surface area contributed by atoms with Crippen molar-refractivity contribution in [2.45, 2.75) is 51.4 Å². The molecule has 180 valence electrons. The minimum atomic E-state index is -1.04. The van der Waals surface area contributed by atoms with Crippen molar-refractivity contribution >= 4 is 17.7 Å². The van der Waals surface area contributed by atoms with E-state index in [1.807, 2.05) is 39.0 Å². The fourth-order valence-corrected chi connectivity index (χ4v) is 4.75. The van der Waals surface area contributed by atoms with Crippen molar-refractivity contribution in [3.8, 4) is 0 Å². The van der Waals surface area contributed by atoms with Gasteiger partial charge in [0.05, 0.1) is 6.61 Å². The van der Waals surface area contributed by atoms with E-state index in [4.69, 9.17) is 4.74 Å². The third kappa shape index (κ3) is 4.55. The summed E-state index contributed by atoms with van der Waals surface area (Å²) in [6.07, 6.45) is 0.717. The molecule has 1 atom stereocenters. The van der Waals surface area contributed by atoms with Gasteiger partial charge in [0.15, 0.2) is 0 Å². The summed E-state index contributed by atoms with van der Waals surface area (Å²) in [6, 6.07) is 11.9. The number of piperidine rings is 1. The van der Waals surface area contributed by atoms with E-state index in [-0.39, 0.29) is 30.0 Å². The molecule has 0 radical (unpaired) electrons. The molecule has 34 heavy (non-hydrogen) atoms. The van der Waals surface area contributed by atoms with Gasteiger partial charge < -0.3 is 15.0 Å². The molecule has 3 amide bonds. The Kier molecular flexibility index (Phi) is 6.70. The van der Waals surface area contributed by atoms with Gasteiger partial charge in [-0.05, 0) is 50.6 Å². The molecule has 0 bridgehead atoms. The Morgan fingerprint density at radius 2 is 1.76 bits per heavy atom. The standard InChI is InChI=1S/C26H30FN3O4/c1-17(2)28-23(31)22-16-34-26(30(22)24(32)19-8-6-9-20(27)15-19)11-13-29(14-12-26)25(33)21-10-5-4-7-18(21)3/h4-10,15,17,22H,11-14,16H2,1-3H3,(H,28,31)/t22-/m1/s1. The lowest BCUT2D eigenvalue weighted by Gasteiger charge is -2.44. The molecule has 7 nitrogen and oxygen atoms in total. The highest BCUT2D eigenvalue weighted by atomic mass is 19.1. The minimum absolute atomic E-state index is 0.0470. The van der Waals surface area contributed by atoms with Crippen molar-refractivity contribution < 1.29 is 23.5 Å². The van der Waals surface area contributed by atoms with Crippen LogP contribution in [-0.2, 0) is 9.53 Å². The van der Waals surface area contributed by atoms with Crippen LogP contribution in [0.1, 0.15) is 53.0 Å². The van der Waals surface area contributed by atoms with Gasteiger partial charge in [0.2, 0.25) is 5.91 Å². The van der Waals surface area contributed by atoms with E-state index in [1.54, 1.807) is 11.0 Å². The Hall–Kier alpha value is -3.26. The highest BCUT2D eigenvalue weighted by molar-refractivity contribution is 5.99. The van der Waals surface area contributed by atoms with Crippen LogP contribution >= 0.6 is 0 Å². The van der Waals surface area contributed by atoms with Gasteiger partial charge in [0.1, 0.15) is 17.6 Å². The number of ether oxygens (including phenoxy) is 1. The zero-order valence-electron chi connectivity index (χ0n) is 19.7. The number of nitrogens with zero attached hydrogens (tertiary/aromatic N) is 2. The molecule has 2 aliphatic rings. The number of halogens is 1. The zero-order chi connectivity index (χ0) is 24.5. The molecule has 2 aromatic rings. The van der Waals surface area contributed by atoms with Crippen molar-refractivity contribution in [2.75, 3.05) is 19.7 Å². The fraction of sp³-hybridized carbons (Fsp3) is 0.423. The first-order chi connectivity index (χ1) is 16.2. The molecule has 4 rings (SSSR count). The number of nitrogens with one attached hydrogen (secondary N) is 1. The van der Waals surface area contributed by atoms with E-state index in [1.165, 1.54) is 29.2 Å². The van der Waals surface area contributed by atoms with Crippen LogP contribution in [0, 0.1) is 12.7 Å². The second kappa shape index (κ2) is 9.54. The average molecular weight is 468 g/mol. The molecule has 0 unspecified atom stereocenters. The lowest BCUT2D eigenvalue weighted by Crippen LogP contribution is -2.60. The van der Waals surface area contributed by atoms with Crippen molar-refractivity contribution in [2.24, 2.45) is 0 Å². The Bertz CT molecular complexity index is 1090. The van der Waals surface area contributed by atoms with E-state index in [2.05, 4.69) is 5.32 Å².